The normalized spacial score (nSPS) is 12.3. The van der Waals surface area contributed by atoms with E-state index in [1.807, 2.05) is 6.07 Å². The van der Waals surface area contributed by atoms with Crippen molar-refractivity contribution in [2.75, 3.05) is 16.0 Å². The lowest BCUT2D eigenvalue weighted by Gasteiger charge is -2.14. The molecule has 0 unspecified atom stereocenters. The number of anilines is 3. The smallest absolute Gasteiger partial charge is 0.343 e. The third kappa shape index (κ3) is 4.30. The number of para-hydroxylation sites is 1. The Labute approximate surface area is 205 Å². The number of carbonyl (C=O) groups excluding carboxylic acids is 4. The van der Waals surface area contributed by atoms with Crippen molar-refractivity contribution < 1.29 is 23.9 Å². The van der Waals surface area contributed by atoms with E-state index in [1.54, 1.807) is 54.6 Å². The second-order valence-electron chi connectivity index (χ2n) is 8.04. The number of fused-ring (bicyclic) bond motifs is 1. The molecule has 8 heteroatoms. The largest absolute Gasteiger partial charge is 0.423 e. The molecule has 8 nitrogen and oxygen atoms in total. The van der Waals surface area contributed by atoms with E-state index in [0.717, 1.165) is 4.90 Å². The first kappa shape index (κ1) is 22.5. The number of hydrogen-bond acceptors (Lipinski definition) is 6. The molecular weight excluding hydrogens is 458 g/mol. The third-order valence-corrected chi connectivity index (χ3v) is 5.61. The van der Waals surface area contributed by atoms with Crippen molar-refractivity contribution in [1.29, 1.82) is 0 Å². The predicted octanol–water partition coefficient (Wildman–Crippen LogP) is 4.54. The molecule has 0 fully saturated rings. The van der Waals surface area contributed by atoms with Gasteiger partial charge in [0, 0.05) is 16.9 Å². The van der Waals surface area contributed by atoms with Gasteiger partial charge in [-0.1, -0.05) is 24.3 Å². The second kappa shape index (κ2) is 9.19. The van der Waals surface area contributed by atoms with Gasteiger partial charge in [0.05, 0.1) is 22.4 Å². The maximum atomic E-state index is 13.1. The number of nitrogens with two attached hydrogens (primary N) is 1. The van der Waals surface area contributed by atoms with Crippen molar-refractivity contribution >= 4 is 40.8 Å². The first-order valence-electron chi connectivity index (χ1n) is 11.0. The molecule has 0 aromatic heterocycles. The van der Waals surface area contributed by atoms with Crippen LogP contribution in [0.15, 0.2) is 97.1 Å². The van der Waals surface area contributed by atoms with Crippen molar-refractivity contribution in [1.82, 2.24) is 0 Å². The van der Waals surface area contributed by atoms with Gasteiger partial charge in [-0.15, -0.1) is 0 Å². The Morgan fingerprint density at radius 1 is 0.722 bits per heavy atom. The van der Waals surface area contributed by atoms with Crippen LogP contribution in [0.25, 0.3) is 0 Å². The number of nitrogens with zero attached hydrogens (tertiary/aromatic N) is 1. The van der Waals surface area contributed by atoms with Gasteiger partial charge in [0.2, 0.25) is 0 Å². The van der Waals surface area contributed by atoms with Gasteiger partial charge in [0.25, 0.3) is 17.7 Å². The highest BCUT2D eigenvalue weighted by atomic mass is 16.5. The van der Waals surface area contributed by atoms with Crippen LogP contribution >= 0.6 is 0 Å². The average Bonchev–Trinajstić information content (AvgIpc) is 3.14. The van der Waals surface area contributed by atoms with Gasteiger partial charge in [-0.05, 0) is 72.8 Å². The van der Waals surface area contributed by atoms with Gasteiger partial charge in [-0.2, -0.15) is 0 Å². The third-order valence-electron chi connectivity index (χ3n) is 5.61. The van der Waals surface area contributed by atoms with E-state index in [9.17, 15) is 19.2 Å². The maximum Gasteiger partial charge on any atom is 0.343 e. The van der Waals surface area contributed by atoms with Gasteiger partial charge < -0.3 is 15.8 Å². The van der Waals surface area contributed by atoms with Crippen molar-refractivity contribution in [3.05, 3.63) is 119 Å². The number of esters is 1. The Hall–Kier alpha value is -5.24. The van der Waals surface area contributed by atoms with Gasteiger partial charge in [-0.3, -0.25) is 14.4 Å². The van der Waals surface area contributed by atoms with Gasteiger partial charge in [0.1, 0.15) is 5.75 Å². The summed E-state index contributed by atoms with van der Waals surface area (Å²) >= 11 is 0. The van der Waals surface area contributed by atoms with E-state index >= 15 is 0 Å². The van der Waals surface area contributed by atoms with Crippen LogP contribution in [0.2, 0.25) is 0 Å². The van der Waals surface area contributed by atoms with Crippen LogP contribution in [-0.4, -0.2) is 23.7 Å². The monoisotopic (exact) mass is 477 g/mol. The summed E-state index contributed by atoms with van der Waals surface area (Å²) in [7, 11) is 0. The lowest BCUT2D eigenvalue weighted by Crippen LogP contribution is -2.29. The summed E-state index contributed by atoms with van der Waals surface area (Å²) in [4.78, 5) is 52.0. The molecule has 4 aromatic carbocycles. The minimum absolute atomic E-state index is 0.165. The highest BCUT2D eigenvalue weighted by Gasteiger charge is 2.37. The first-order valence-corrected chi connectivity index (χ1v) is 11.0. The predicted molar refractivity (Wildman–Crippen MR) is 134 cm³/mol. The van der Waals surface area contributed by atoms with E-state index in [4.69, 9.17) is 10.5 Å². The van der Waals surface area contributed by atoms with Crippen LogP contribution in [0.4, 0.5) is 17.1 Å². The SMILES string of the molecule is Nc1cccc(C(=O)Nc2ccc3c(c2)C(=O)N(c2ccc(C(=O)Oc4ccccc4)cc2)C3=O)c1. The van der Waals surface area contributed by atoms with E-state index < -0.39 is 23.7 Å². The maximum absolute atomic E-state index is 13.1. The van der Waals surface area contributed by atoms with Gasteiger partial charge in [0.15, 0.2) is 0 Å². The molecule has 1 aliphatic heterocycles. The number of benzene rings is 4. The fourth-order valence-electron chi connectivity index (χ4n) is 3.84. The number of carbonyl (C=O) groups is 4. The van der Waals surface area contributed by atoms with Crippen molar-refractivity contribution in [3.8, 4) is 5.75 Å². The number of amides is 3. The van der Waals surface area contributed by atoms with E-state index in [2.05, 4.69) is 5.32 Å². The summed E-state index contributed by atoms with van der Waals surface area (Å²) in [6, 6.07) is 25.6. The number of nitrogen functional groups attached to an aromatic ring is 1. The zero-order valence-electron chi connectivity index (χ0n) is 18.8. The Bertz CT molecular complexity index is 1510. The van der Waals surface area contributed by atoms with Crippen LogP contribution in [-0.2, 0) is 0 Å². The van der Waals surface area contributed by atoms with Crippen LogP contribution in [0, 0.1) is 0 Å². The molecule has 0 aliphatic carbocycles. The quantitative estimate of drug-likeness (QED) is 0.189. The zero-order valence-corrected chi connectivity index (χ0v) is 18.8. The number of ether oxygens (including phenoxy) is 1. The minimum atomic E-state index is -0.560. The van der Waals surface area contributed by atoms with Crippen molar-refractivity contribution in [2.45, 2.75) is 0 Å². The molecule has 0 radical (unpaired) electrons. The molecule has 3 N–H and O–H groups in total. The molecule has 4 aromatic rings. The summed E-state index contributed by atoms with van der Waals surface area (Å²) in [6.45, 7) is 0. The number of hydrogen-bond donors (Lipinski definition) is 2. The molecule has 176 valence electrons. The van der Waals surface area contributed by atoms with Crippen LogP contribution < -0.4 is 20.7 Å². The lowest BCUT2D eigenvalue weighted by molar-refractivity contribution is 0.0734. The average molecular weight is 477 g/mol. The molecule has 0 saturated carbocycles. The Balaban J connectivity index is 1.33. The number of rotatable bonds is 5. The Morgan fingerprint density at radius 3 is 2.17 bits per heavy atom. The highest BCUT2D eigenvalue weighted by molar-refractivity contribution is 6.34. The second-order valence-corrected chi connectivity index (χ2v) is 8.04. The fourth-order valence-corrected chi connectivity index (χ4v) is 3.84. The summed E-state index contributed by atoms with van der Waals surface area (Å²) in [6.07, 6.45) is 0. The molecule has 0 atom stereocenters. The zero-order chi connectivity index (χ0) is 25.2. The Morgan fingerprint density at radius 2 is 1.44 bits per heavy atom. The molecule has 36 heavy (non-hydrogen) atoms. The molecule has 1 aliphatic rings. The van der Waals surface area contributed by atoms with Crippen molar-refractivity contribution in [3.63, 3.8) is 0 Å². The van der Waals surface area contributed by atoms with E-state index in [-0.39, 0.29) is 16.7 Å². The summed E-state index contributed by atoms with van der Waals surface area (Å²) < 4.78 is 5.31. The van der Waals surface area contributed by atoms with E-state index in [0.29, 0.717) is 28.4 Å². The topological polar surface area (TPSA) is 119 Å². The summed E-state index contributed by atoms with van der Waals surface area (Å²) in [5, 5.41) is 2.72. The Kier molecular flexibility index (Phi) is 5.75. The highest BCUT2D eigenvalue weighted by Crippen LogP contribution is 2.30. The molecule has 1 heterocycles. The molecule has 0 saturated heterocycles. The molecule has 5 rings (SSSR count). The number of imide groups is 1. The molecule has 0 bridgehead atoms. The molecule has 3 amide bonds. The molecular formula is C28H19N3O5. The molecule has 0 spiro atoms. The van der Waals surface area contributed by atoms with Crippen LogP contribution in [0.1, 0.15) is 41.4 Å². The van der Waals surface area contributed by atoms with E-state index in [1.165, 1.54) is 36.4 Å². The lowest BCUT2D eigenvalue weighted by atomic mass is 10.1. The first-order chi connectivity index (χ1) is 17.4. The standard InChI is InChI=1S/C28H19N3O5/c29-19-6-4-5-18(15-19)25(32)30-20-11-14-23-24(16-20)27(34)31(26(23)33)21-12-9-17(10-13-21)28(35)36-22-7-2-1-3-8-22/h1-16H,29H2,(H,30,32). The minimum Gasteiger partial charge on any atom is -0.423 e. The fraction of sp³-hybridized carbons (Fsp3) is 0. The van der Waals surface area contributed by atoms with Gasteiger partial charge >= 0.3 is 5.97 Å². The summed E-state index contributed by atoms with van der Waals surface area (Å²) in [5.74, 6) is -1.58. The number of nitrogens with one attached hydrogen (secondary N) is 1. The van der Waals surface area contributed by atoms with Crippen LogP contribution in [0.5, 0.6) is 5.75 Å². The van der Waals surface area contributed by atoms with Crippen molar-refractivity contribution in [2.24, 2.45) is 0 Å². The van der Waals surface area contributed by atoms with Crippen LogP contribution in [0.3, 0.4) is 0 Å². The summed E-state index contributed by atoms with van der Waals surface area (Å²) in [5.41, 5.74) is 7.88. The van der Waals surface area contributed by atoms with Gasteiger partial charge in [-0.25, -0.2) is 9.69 Å².